The van der Waals surface area contributed by atoms with Gasteiger partial charge in [0.2, 0.25) is 0 Å². The molecule has 0 radical (unpaired) electrons. The van der Waals surface area contributed by atoms with Crippen LogP contribution in [-0.2, 0) is 0 Å². The minimum absolute atomic E-state index is 0.355. The Morgan fingerprint density at radius 3 is 2.63 bits per heavy atom. The molecule has 3 nitrogen and oxygen atoms in total. The predicted octanol–water partition coefficient (Wildman–Crippen LogP) is 4.83. The molecule has 0 fully saturated rings. The van der Waals surface area contributed by atoms with Gasteiger partial charge in [0.25, 0.3) is 0 Å². The summed E-state index contributed by atoms with van der Waals surface area (Å²) in [4.78, 5) is 10.5. The highest BCUT2D eigenvalue weighted by Gasteiger charge is 2.17. The fraction of sp³-hybridized carbons (Fsp3) is 0.429. The van der Waals surface area contributed by atoms with Crippen molar-refractivity contribution >= 4 is 33.1 Å². The number of anilines is 1. The number of aromatic nitrogens is 2. The van der Waals surface area contributed by atoms with Crippen molar-refractivity contribution in [1.82, 2.24) is 9.97 Å². The zero-order chi connectivity index (χ0) is 14.0. The maximum absolute atomic E-state index is 4.73. The van der Waals surface area contributed by atoms with Crippen LogP contribution in [-0.4, -0.2) is 16.5 Å². The topological polar surface area (TPSA) is 37.8 Å². The minimum Gasteiger partial charge on any atom is -0.369 e. The van der Waals surface area contributed by atoms with E-state index in [1.54, 1.807) is 11.3 Å². The van der Waals surface area contributed by atoms with Gasteiger partial charge in [0.1, 0.15) is 5.82 Å². The Labute approximate surface area is 126 Å². The molecule has 0 saturated heterocycles. The van der Waals surface area contributed by atoms with Crippen molar-refractivity contribution in [2.75, 3.05) is 11.9 Å². The molecule has 0 aliphatic rings. The van der Waals surface area contributed by atoms with Crippen LogP contribution >= 0.6 is 27.3 Å². The van der Waals surface area contributed by atoms with Gasteiger partial charge < -0.3 is 5.32 Å². The average molecular weight is 340 g/mol. The van der Waals surface area contributed by atoms with Crippen LogP contribution in [0.4, 0.5) is 5.82 Å². The summed E-state index contributed by atoms with van der Waals surface area (Å²) in [5, 5.41) is 5.38. The molecule has 2 rings (SSSR count). The highest BCUT2D eigenvalue weighted by molar-refractivity contribution is 9.10. The van der Waals surface area contributed by atoms with Crippen molar-refractivity contribution in [2.24, 2.45) is 0 Å². The highest BCUT2D eigenvalue weighted by atomic mass is 79.9. The zero-order valence-corrected chi connectivity index (χ0v) is 14.0. The van der Waals surface area contributed by atoms with E-state index in [9.17, 15) is 0 Å². The van der Waals surface area contributed by atoms with Gasteiger partial charge in [0.15, 0.2) is 5.82 Å². The van der Waals surface area contributed by atoms with E-state index in [1.165, 1.54) is 5.56 Å². The van der Waals surface area contributed by atoms with Crippen LogP contribution in [0, 0.1) is 6.92 Å². The Morgan fingerprint density at radius 1 is 1.37 bits per heavy atom. The summed E-state index contributed by atoms with van der Waals surface area (Å²) in [6.07, 6.45) is 0. The molecule has 0 atom stereocenters. The Kier molecular flexibility index (Phi) is 4.58. The van der Waals surface area contributed by atoms with Crippen LogP contribution in [0.25, 0.3) is 10.7 Å². The molecule has 0 saturated carbocycles. The Bertz CT molecular complexity index is 578. The average Bonchev–Trinajstić information content (AvgIpc) is 2.78. The van der Waals surface area contributed by atoms with Crippen LogP contribution in [0.1, 0.15) is 37.9 Å². The van der Waals surface area contributed by atoms with Gasteiger partial charge in [-0.15, -0.1) is 11.3 Å². The first-order chi connectivity index (χ1) is 9.04. The minimum atomic E-state index is 0.355. The Morgan fingerprint density at radius 2 is 2.11 bits per heavy atom. The maximum atomic E-state index is 4.73. The number of aryl methyl sites for hydroxylation is 1. The molecule has 2 heterocycles. The van der Waals surface area contributed by atoms with Gasteiger partial charge in [-0.2, -0.15) is 0 Å². The van der Waals surface area contributed by atoms with Gasteiger partial charge in [-0.3, -0.25) is 0 Å². The lowest BCUT2D eigenvalue weighted by atomic mass is 10.1. The molecule has 102 valence electrons. The first-order valence-corrected chi connectivity index (χ1v) is 8.07. The fourth-order valence-electron chi connectivity index (χ4n) is 1.83. The lowest BCUT2D eigenvalue weighted by Gasteiger charge is -2.14. The second-order valence-electron chi connectivity index (χ2n) is 4.71. The maximum Gasteiger partial charge on any atom is 0.172 e. The van der Waals surface area contributed by atoms with Crippen molar-refractivity contribution in [3.8, 4) is 10.7 Å². The van der Waals surface area contributed by atoms with E-state index in [4.69, 9.17) is 4.98 Å². The lowest BCUT2D eigenvalue weighted by Crippen LogP contribution is -2.07. The second-order valence-corrected chi connectivity index (χ2v) is 6.42. The largest absolute Gasteiger partial charge is 0.369 e. The molecule has 0 amide bonds. The van der Waals surface area contributed by atoms with Crippen LogP contribution in [0.3, 0.4) is 0 Å². The molecular formula is C14H18BrN3S. The van der Waals surface area contributed by atoms with Gasteiger partial charge in [0.05, 0.1) is 15.0 Å². The smallest absolute Gasteiger partial charge is 0.172 e. The third kappa shape index (κ3) is 2.98. The standard InChI is InChI=1S/C14H18BrN3S/c1-5-16-13-10(15)11(8(2)3)17-14(18-13)12-9(4)6-7-19-12/h6-8H,5H2,1-4H3,(H,16,17,18). The number of rotatable bonds is 4. The molecule has 0 aliphatic heterocycles. The number of nitrogens with one attached hydrogen (secondary N) is 1. The van der Waals surface area contributed by atoms with Crippen LogP contribution < -0.4 is 5.32 Å². The molecule has 5 heteroatoms. The number of hydrogen-bond donors (Lipinski definition) is 1. The Hall–Kier alpha value is -0.940. The van der Waals surface area contributed by atoms with Gasteiger partial charge >= 0.3 is 0 Å². The van der Waals surface area contributed by atoms with Gasteiger partial charge in [-0.25, -0.2) is 9.97 Å². The molecule has 0 aromatic carbocycles. The van der Waals surface area contributed by atoms with E-state index in [0.717, 1.165) is 33.2 Å². The SMILES string of the molecule is CCNc1nc(-c2sccc2C)nc(C(C)C)c1Br. The molecule has 2 aromatic heterocycles. The predicted molar refractivity (Wildman–Crippen MR) is 86.0 cm³/mol. The van der Waals surface area contributed by atoms with Gasteiger partial charge in [-0.05, 0) is 52.7 Å². The summed E-state index contributed by atoms with van der Waals surface area (Å²) in [6.45, 7) is 9.30. The quantitative estimate of drug-likeness (QED) is 0.866. The van der Waals surface area contributed by atoms with Crippen molar-refractivity contribution in [1.29, 1.82) is 0 Å². The van der Waals surface area contributed by atoms with E-state index in [1.807, 2.05) is 0 Å². The van der Waals surface area contributed by atoms with E-state index < -0.39 is 0 Å². The normalized spacial score (nSPS) is 11.1. The van der Waals surface area contributed by atoms with Crippen LogP contribution in [0.2, 0.25) is 0 Å². The fourth-order valence-corrected chi connectivity index (χ4v) is 3.47. The van der Waals surface area contributed by atoms with Crippen molar-refractivity contribution in [2.45, 2.75) is 33.6 Å². The summed E-state index contributed by atoms with van der Waals surface area (Å²) < 4.78 is 0.974. The number of halogens is 1. The van der Waals surface area contributed by atoms with Crippen molar-refractivity contribution < 1.29 is 0 Å². The van der Waals surface area contributed by atoms with E-state index >= 15 is 0 Å². The summed E-state index contributed by atoms with van der Waals surface area (Å²) in [7, 11) is 0. The monoisotopic (exact) mass is 339 g/mol. The molecule has 1 N–H and O–H groups in total. The number of nitrogens with zero attached hydrogens (tertiary/aromatic N) is 2. The molecule has 0 bridgehead atoms. The summed E-state index contributed by atoms with van der Waals surface area (Å²) in [6, 6.07) is 2.10. The first-order valence-electron chi connectivity index (χ1n) is 6.40. The highest BCUT2D eigenvalue weighted by Crippen LogP contribution is 2.33. The summed E-state index contributed by atoms with van der Waals surface area (Å²) >= 11 is 5.30. The van der Waals surface area contributed by atoms with Crippen molar-refractivity contribution in [3.63, 3.8) is 0 Å². The van der Waals surface area contributed by atoms with E-state index in [-0.39, 0.29) is 0 Å². The van der Waals surface area contributed by atoms with E-state index in [0.29, 0.717) is 5.92 Å². The summed E-state index contributed by atoms with van der Waals surface area (Å²) in [5.74, 6) is 2.05. The number of thiophene rings is 1. The van der Waals surface area contributed by atoms with Crippen LogP contribution in [0.15, 0.2) is 15.9 Å². The molecule has 0 aliphatic carbocycles. The molecule has 2 aromatic rings. The number of hydrogen-bond acceptors (Lipinski definition) is 4. The molecule has 0 spiro atoms. The Balaban J connectivity index is 2.59. The van der Waals surface area contributed by atoms with Crippen molar-refractivity contribution in [3.05, 3.63) is 27.2 Å². The first kappa shape index (κ1) is 14.5. The third-order valence-corrected chi connectivity index (χ3v) is 4.63. The zero-order valence-electron chi connectivity index (χ0n) is 11.6. The summed E-state index contributed by atoms with van der Waals surface area (Å²) in [5.41, 5.74) is 2.28. The van der Waals surface area contributed by atoms with E-state index in [2.05, 4.69) is 65.4 Å². The lowest BCUT2D eigenvalue weighted by molar-refractivity contribution is 0.810. The van der Waals surface area contributed by atoms with Gasteiger partial charge in [0, 0.05) is 6.54 Å². The molecule has 19 heavy (non-hydrogen) atoms. The molecular weight excluding hydrogens is 322 g/mol. The van der Waals surface area contributed by atoms with Crippen LogP contribution in [0.5, 0.6) is 0 Å². The second kappa shape index (κ2) is 6.01. The third-order valence-electron chi connectivity index (χ3n) is 2.83. The van der Waals surface area contributed by atoms with Gasteiger partial charge in [-0.1, -0.05) is 13.8 Å². The molecule has 0 unspecified atom stereocenters.